The van der Waals surface area contributed by atoms with E-state index in [4.69, 9.17) is 0 Å². The minimum absolute atomic E-state index is 0.248. The summed E-state index contributed by atoms with van der Waals surface area (Å²) in [6.07, 6.45) is 0. The zero-order chi connectivity index (χ0) is 15.5. The van der Waals surface area contributed by atoms with Crippen LogP contribution in [0.3, 0.4) is 0 Å². The van der Waals surface area contributed by atoms with Crippen LogP contribution in [0.5, 0.6) is 0 Å². The summed E-state index contributed by atoms with van der Waals surface area (Å²) in [4.78, 5) is 13.5. The average Bonchev–Trinajstić information content (AvgIpc) is 2.50. The third-order valence-electron chi connectivity index (χ3n) is 3.77. The Morgan fingerprint density at radius 3 is 2.41 bits per heavy atom. The van der Waals surface area contributed by atoms with Gasteiger partial charge in [0, 0.05) is 37.9 Å². The molecule has 0 spiro atoms. The first-order valence-corrected chi connectivity index (χ1v) is 7.42. The quantitative estimate of drug-likeness (QED) is 0.943. The van der Waals surface area contributed by atoms with Crippen molar-refractivity contribution >= 4 is 17.3 Å². The highest BCUT2D eigenvalue weighted by atomic mass is 19.1. The maximum Gasteiger partial charge on any atom is 0.136 e. The molecular weight excluding hydrogens is 281 g/mol. The maximum absolute atomic E-state index is 13.0. The zero-order valence-corrected chi connectivity index (χ0v) is 12.9. The number of aryl methyl sites for hydroxylation is 1. The van der Waals surface area contributed by atoms with Crippen molar-refractivity contribution in [2.45, 2.75) is 6.92 Å². The van der Waals surface area contributed by atoms with Crippen molar-refractivity contribution in [2.75, 3.05) is 43.4 Å². The van der Waals surface area contributed by atoms with Gasteiger partial charge in [-0.15, -0.1) is 0 Å². The van der Waals surface area contributed by atoms with Gasteiger partial charge >= 0.3 is 0 Å². The van der Waals surface area contributed by atoms with Crippen LogP contribution in [0.4, 0.5) is 21.7 Å². The van der Waals surface area contributed by atoms with E-state index in [1.165, 1.54) is 12.1 Å². The van der Waals surface area contributed by atoms with Crippen molar-refractivity contribution in [2.24, 2.45) is 0 Å². The molecule has 1 aliphatic heterocycles. The summed E-state index contributed by atoms with van der Waals surface area (Å²) >= 11 is 0. The lowest BCUT2D eigenvalue weighted by Crippen LogP contribution is -2.44. The Kier molecular flexibility index (Phi) is 4.20. The zero-order valence-electron chi connectivity index (χ0n) is 12.9. The van der Waals surface area contributed by atoms with E-state index in [0.717, 1.165) is 49.3 Å². The van der Waals surface area contributed by atoms with E-state index >= 15 is 0 Å². The monoisotopic (exact) mass is 301 g/mol. The summed E-state index contributed by atoms with van der Waals surface area (Å²) in [5, 5.41) is 3.21. The molecule has 6 heteroatoms. The molecule has 0 aliphatic carbocycles. The maximum atomic E-state index is 13.0. The summed E-state index contributed by atoms with van der Waals surface area (Å²) in [6.45, 7) is 5.87. The van der Waals surface area contributed by atoms with Gasteiger partial charge in [-0.1, -0.05) is 0 Å². The normalized spacial score (nSPS) is 15.9. The van der Waals surface area contributed by atoms with Crippen molar-refractivity contribution < 1.29 is 4.39 Å². The second-order valence-electron chi connectivity index (χ2n) is 5.58. The van der Waals surface area contributed by atoms with Gasteiger partial charge in [0.05, 0.1) is 0 Å². The van der Waals surface area contributed by atoms with Crippen molar-refractivity contribution in [1.29, 1.82) is 0 Å². The summed E-state index contributed by atoms with van der Waals surface area (Å²) in [7, 11) is 2.13. The molecule has 1 aliphatic rings. The average molecular weight is 301 g/mol. The lowest BCUT2D eigenvalue weighted by molar-refractivity contribution is 0.312. The molecule has 22 heavy (non-hydrogen) atoms. The minimum atomic E-state index is -0.248. The SMILES string of the molecule is Cc1nc(Nc2ccc(F)cc2)cc(N2CCN(C)CC2)n1. The Morgan fingerprint density at radius 1 is 1.05 bits per heavy atom. The van der Waals surface area contributed by atoms with Gasteiger partial charge in [0.2, 0.25) is 0 Å². The van der Waals surface area contributed by atoms with Gasteiger partial charge in [-0.2, -0.15) is 0 Å². The molecule has 0 unspecified atom stereocenters. The molecule has 1 N–H and O–H groups in total. The molecule has 1 aromatic heterocycles. The third kappa shape index (κ3) is 3.51. The highest BCUT2D eigenvalue weighted by molar-refractivity contribution is 5.59. The van der Waals surface area contributed by atoms with Crippen LogP contribution in [0, 0.1) is 12.7 Å². The fourth-order valence-electron chi connectivity index (χ4n) is 2.49. The summed E-state index contributed by atoms with van der Waals surface area (Å²) in [5.74, 6) is 2.14. The predicted molar refractivity (Wildman–Crippen MR) is 86.2 cm³/mol. The Hall–Kier alpha value is -2.21. The van der Waals surface area contributed by atoms with Gasteiger partial charge in [0.15, 0.2) is 0 Å². The van der Waals surface area contributed by atoms with Gasteiger partial charge < -0.3 is 15.1 Å². The van der Waals surface area contributed by atoms with E-state index in [1.54, 1.807) is 12.1 Å². The summed E-state index contributed by atoms with van der Waals surface area (Å²) in [6, 6.07) is 8.20. The number of benzene rings is 1. The van der Waals surface area contributed by atoms with E-state index in [2.05, 4.69) is 32.1 Å². The molecule has 0 saturated carbocycles. The standard InChI is InChI=1S/C16H20FN5/c1-12-18-15(20-14-5-3-13(17)4-6-14)11-16(19-12)22-9-7-21(2)8-10-22/h3-6,11H,7-10H2,1-2H3,(H,18,19,20). The summed E-state index contributed by atoms with van der Waals surface area (Å²) < 4.78 is 13.0. The molecule has 0 atom stereocenters. The van der Waals surface area contributed by atoms with Crippen LogP contribution >= 0.6 is 0 Å². The highest BCUT2D eigenvalue weighted by Gasteiger charge is 2.16. The van der Waals surface area contributed by atoms with Crippen LogP contribution < -0.4 is 10.2 Å². The van der Waals surface area contributed by atoms with Gasteiger partial charge in [-0.05, 0) is 38.2 Å². The number of rotatable bonds is 3. The van der Waals surface area contributed by atoms with Gasteiger partial charge in [-0.3, -0.25) is 0 Å². The Bertz CT molecular complexity index is 635. The molecule has 5 nitrogen and oxygen atoms in total. The second-order valence-corrected chi connectivity index (χ2v) is 5.58. The third-order valence-corrected chi connectivity index (χ3v) is 3.77. The number of hydrogen-bond donors (Lipinski definition) is 1. The number of nitrogens with one attached hydrogen (secondary N) is 1. The van der Waals surface area contributed by atoms with Gasteiger partial charge in [0.1, 0.15) is 23.3 Å². The van der Waals surface area contributed by atoms with Crippen LogP contribution in [0.15, 0.2) is 30.3 Å². The van der Waals surface area contributed by atoms with E-state index in [1.807, 2.05) is 13.0 Å². The van der Waals surface area contributed by atoms with E-state index in [9.17, 15) is 4.39 Å². The summed E-state index contributed by atoms with van der Waals surface area (Å²) in [5.41, 5.74) is 0.809. The number of piperazine rings is 1. The molecule has 1 fully saturated rings. The largest absolute Gasteiger partial charge is 0.354 e. The molecule has 2 aromatic rings. The van der Waals surface area contributed by atoms with E-state index < -0.39 is 0 Å². The molecule has 0 bridgehead atoms. The van der Waals surface area contributed by atoms with Crippen LogP contribution in [0.1, 0.15) is 5.82 Å². The second kappa shape index (κ2) is 6.27. The highest BCUT2D eigenvalue weighted by Crippen LogP contribution is 2.21. The number of halogens is 1. The van der Waals surface area contributed by atoms with Crippen LogP contribution in [-0.4, -0.2) is 48.1 Å². The number of aromatic nitrogens is 2. The van der Waals surface area contributed by atoms with Crippen LogP contribution in [-0.2, 0) is 0 Å². The minimum Gasteiger partial charge on any atom is -0.354 e. The smallest absolute Gasteiger partial charge is 0.136 e. The number of hydrogen-bond acceptors (Lipinski definition) is 5. The van der Waals surface area contributed by atoms with E-state index in [-0.39, 0.29) is 5.82 Å². The Labute approximate surface area is 129 Å². The molecule has 3 rings (SSSR count). The number of likely N-dealkylation sites (N-methyl/N-ethyl adjacent to an activating group) is 1. The number of anilines is 3. The fourth-order valence-corrected chi connectivity index (χ4v) is 2.49. The van der Waals surface area contributed by atoms with Crippen molar-refractivity contribution in [3.63, 3.8) is 0 Å². The Morgan fingerprint density at radius 2 is 1.73 bits per heavy atom. The first-order valence-electron chi connectivity index (χ1n) is 7.42. The van der Waals surface area contributed by atoms with E-state index in [0.29, 0.717) is 0 Å². The van der Waals surface area contributed by atoms with Crippen LogP contribution in [0.2, 0.25) is 0 Å². The molecule has 0 radical (unpaired) electrons. The molecule has 1 saturated heterocycles. The topological polar surface area (TPSA) is 44.3 Å². The number of nitrogens with zero attached hydrogens (tertiary/aromatic N) is 4. The molecule has 1 aromatic carbocycles. The van der Waals surface area contributed by atoms with Gasteiger partial charge in [-0.25, -0.2) is 14.4 Å². The van der Waals surface area contributed by atoms with Crippen LogP contribution in [0.25, 0.3) is 0 Å². The molecule has 116 valence electrons. The predicted octanol–water partition coefficient (Wildman–Crippen LogP) is 2.42. The van der Waals surface area contributed by atoms with Crippen molar-refractivity contribution in [3.05, 3.63) is 42.0 Å². The van der Waals surface area contributed by atoms with Crippen molar-refractivity contribution in [3.8, 4) is 0 Å². The lowest BCUT2D eigenvalue weighted by atomic mass is 10.3. The fraction of sp³-hybridized carbons (Fsp3) is 0.375. The Balaban J connectivity index is 1.79. The first-order chi connectivity index (χ1) is 10.6. The van der Waals surface area contributed by atoms with Crippen molar-refractivity contribution in [1.82, 2.24) is 14.9 Å². The lowest BCUT2D eigenvalue weighted by Gasteiger charge is -2.33. The van der Waals surface area contributed by atoms with Gasteiger partial charge in [0.25, 0.3) is 0 Å². The molecule has 0 amide bonds. The first kappa shape index (κ1) is 14.7. The molecule has 2 heterocycles. The molecular formula is C16H20FN5.